The maximum absolute atomic E-state index is 12.5. The van der Waals surface area contributed by atoms with E-state index in [-0.39, 0.29) is 24.4 Å². The Morgan fingerprint density at radius 3 is 2.69 bits per heavy atom. The second-order valence-corrected chi connectivity index (χ2v) is 7.21. The van der Waals surface area contributed by atoms with Gasteiger partial charge >= 0.3 is 0 Å². The molecule has 26 heavy (non-hydrogen) atoms. The number of carbonyl (C=O) groups excluding carboxylic acids is 1. The van der Waals surface area contributed by atoms with Gasteiger partial charge in [-0.15, -0.1) is 12.4 Å². The second kappa shape index (κ2) is 8.89. The number of nitrogens with zero attached hydrogens (tertiary/aromatic N) is 2. The molecule has 2 heterocycles. The Labute approximate surface area is 165 Å². The van der Waals surface area contributed by atoms with Crippen molar-refractivity contribution >= 4 is 29.9 Å². The normalized spacial score (nSPS) is 19.7. The van der Waals surface area contributed by atoms with Crippen LogP contribution >= 0.6 is 24.0 Å². The highest BCUT2D eigenvalue weighted by Gasteiger charge is 2.23. The summed E-state index contributed by atoms with van der Waals surface area (Å²) >= 11 is 5.96. The van der Waals surface area contributed by atoms with Crippen LogP contribution in [0.15, 0.2) is 24.3 Å². The molecule has 1 fully saturated rings. The van der Waals surface area contributed by atoms with Gasteiger partial charge in [0.25, 0.3) is 0 Å². The van der Waals surface area contributed by atoms with Crippen LogP contribution in [0.2, 0.25) is 5.02 Å². The summed E-state index contributed by atoms with van der Waals surface area (Å²) in [5.74, 6) is 0.0578. The van der Waals surface area contributed by atoms with Crippen LogP contribution in [0.5, 0.6) is 0 Å². The average molecular weight is 397 g/mol. The summed E-state index contributed by atoms with van der Waals surface area (Å²) in [6.45, 7) is 7.10. The summed E-state index contributed by atoms with van der Waals surface area (Å²) in [4.78, 5) is 12.5. The molecule has 0 spiro atoms. The number of hydrogen-bond donors (Lipinski definition) is 2. The predicted octanol–water partition coefficient (Wildman–Crippen LogP) is 3.36. The first kappa shape index (κ1) is 20.7. The molecule has 0 aliphatic carbocycles. The molecule has 0 bridgehead atoms. The van der Waals surface area contributed by atoms with Crippen molar-refractivity contribution in [1.82, 2.24) is 20.4 Å². The maximum atomic E-state index is 12.5. The predicted molar refractivity (Wildman–Crippen MR) is 108 cm³/mol. The first-order chi connectivity index (χ1) is 12.0. The SMILES string of the molecule is Cc1nn(-c2ccc(Cl)cc2)c(C)c1CC(=O)NC1CCCNC1C.Cl. The van der Waals surface area contributed by atoms with E-state index in [4.69, 9.17) is 11.6 Å². The Morgan fingerprint density at radius 2 is 2.04 bits per heavy atom. The Morgan fingerprint density at radius 1 is 1.35 bits per heavy atom. The van der Waals surface area contributed by atoms with Crippen LogP contribution in [0.1, 0.15) is 36.7 Å². The number of halogens is 2. The number of rotatable bonds is 4. The molecule has 1 amide bonds. The summed E-state index contributed by atoms with van der Waals surface area (Å²) in [6.07, 6.45) is 2.48. The zero-order chi connectivity index (χ0) is 18.0. The van der Waals surface area contributed by atoms with Crippen LogP contribution in [0.3, 0.4) is 0 Å². The van der Waals surface area contributed by atoms with Crippen molar-refractivity contribution in [2.75, 3.05) is 6.54 Å². The molecule has 1 aromatic carbocycles. The fourth-order valence-electron chi connectivity index (χ4n) is 3.42. The standard InChI is InChI=1S/C19H25ClN4O.ClH/c1-12-17(11-19(25)22-18-5-4-10-21-13(18)2)14(3)24(23-12)16-8-6-15(20)7-9-16;/h6-9,13,18,21H,4-5,10-11H2,1-3H3,(H,22,25);1H. The molecule has 2 unspecified atom stereocenters. The molecule has 1 aliphatic heterocycles. The molecule has 1 aromatic heterocycles. The molecule has 5 nitrogen and oxygen atoms in total. The van der Waals surface area contributed by atoms with E-state index < -0.39 is 0 Å². The lowest BCUT2D eigenvalue weighted by molar-refractivity contribution is -0.121. The van der Waals surface area contributed by atoms with E-state index in [9.17, 15) is 4.79 Å². The third-order valence-corrected chi connectivity index (χ3v) is 5.21. The average Bonchev–Trinajstić information content (AvgIpc) is 2.86. The fraction of sp³-hybridized carbons (Fsp3) is 0.474. The van der Waals surface area contributed by atoms with Gasteiger partial charge in [0.15, 0.2) is 0 Å². The summed E-state index contributed by atoms with van der Waals surface area (Å²) < 4.78 is 1.87. The second-order valence-electron chi connectivity index (χ2n) is 6.77. The van der Waals surface area contributed by atoms with Gasteiger partial charge in [0, 0.05) is 28.4 Å². The zero-order valence-electron chi connectivity index (χ0n) is 15.4. The van der Waals surface area contributed by atoms with Crippen molar-refractivity contribution in [1.29, 1.82) is 0 Å². The van der Waals surface area contributed by atoms with E-state index in [1.165, 1.54) is 0 Å². The van der Waals surface area contributed by atoms with Crippen LogP contribution < -0.4 is 10.6 Å². The molecule has 1 aliphatic rings. The largest absolute Gasteiger partial charge is 0.352 e. The van der Waals surface area contributed by atoms with Crippen molar-refractivity contribution in [3.63, 3.8) is 0 Å². The van der Waals surface area contributed by atoms with Crippen molar-refractivity contribution in [3.05, 3.63) is 46.2 Å². The molecule has 0 saturated carbocycles. The fourth-order valence-corrected chi connectivity index (χ4v) is 3.55. The van der Waals surface area contributed by atoms with Crippen molar-refractivity contribution in [2.45, 2.75) is 52.1 Å². The monoisotopic (exact) mass is 396 g/mol. The number of nitrogens with one attached hydrogen (secondary N) is 2. The number of carbonyl (C=O) groups is 1. The van der Waals surface area contributed by atoms with E-state index >= 15 is 0 Å². The summed E-state index contributed by atoms with van der Waals surface area (Å²) in [5.41, 5.74) is 3.81. The zero-order valence-corrected chi connectivity index (χ0v) is 17.0. The lowest BCUT2D eigenvalue weighted by atomic mass is 9.99. The minimum absolute atomic E-state index is 0. The van der Waals surface area contributed by atoms with Gasteiger partial charge in [-0.2, -0.15) is 5.10 Å². The molecule has 142 valence electrons. The Bertz CT molecular complexity index is 758. The van der Waals surface area contributed by atoms with Crippen LogP contribution in [0.25, 0.3) is 5.69 Å². The summed E-state index contributed by atoms with van der Waals surface area (Å²) in [7, 11) is 0. The van der Waals surface area contributed by atoms with Crippen LogP contribution in [0.4, 0.5) is 0 Å². The third kappa shape index (κ3) is 4.58. The minimum Gasteiger partial charge on any atom is -0.352 e. The van der Waals surface area contributed by atoms with E-state index in [0.717, 1.165) is 42.0 Å². The van der Waals surface area contributed by atoms with E-state index in [2.05, 4.69) is 22.7 Å². The molecular weight excluding hydrogens is 371 g/mol. The minimum atomic E-state index is 0. The quantitative estimate of drug-likeness (QED) is 0.832. The van der Waals surface area contributed by atoms with Gasteiger partial charge in [-0.05, 0) is 64.4 Å². The number of aryl methyl sites for hydroxylation is 1. The van der Waals surface area contributed by atoms with Gasteiger partial charge in [0.05, 0.1) is 17.8 Å². The Kier molecular flexibility index (Phi) is 7.09. The molecule has 2 N–H and O–H groups in total. The lowest BCUT2D eigenvalue weighted by Crippen LogP contribution is -2.52. The van der Waals surface area contributed by atoms with Crippen LogP contribution in [-0.2, 0) is 11.2 Å². The van der Waals surface area contributed by atoms with Crippen LogP contribution in [-0.4, -0.2) is 34.3 Å². The van der Waals surface area contributed by atoms with E-state index in [1.807, 2.05) is 42.8 Å². The van der Waals surface area contributed by atoms with Crippen molar-refractivity contribution < 1.29 is 4.79 Å². The highest BCUT2D eigenvalue weighted by molar-refractivity contribution is 6.30. The van der Waals surface area contributed by atoms with Gasteiger partial charge in [0.1, 0.15) is 0 Å². The molecule has 7 heteroatoms. The lowest BCUT2D eigenvalue weighted by Gasteiger charge is -2.30. The highest BCUT2D eigenvalue weighted by Crippen LogP contribution is 2.20. The maximum Gasteiger partial charge on any atom is 0.224 e. The summed E-state index contributed by atoms with van der Waals surface area (Å²) in [5, 5.41) is 11.9. The van der Waals surface area contributed by atoms with Gasteiger partial charge < -0.3 is 10.6 Å². The van der Waals surface area contributed by atoms with Gasteiger partial charge in [-0.3, -0.25) is 4.79 Å². The number of piperidine rings is 1. The van der Waals surface area contributed by atoms with Crippen molar-refractivity contribution in [3.8, 4) is 5.69 Å². The molecule has 2 atom stereocenters. The molecule has 1 saturated heterocycles. The van der Waals surface area contributed by atoms with Gasteiger partial charge in [-0.1, -0.05) is 11.6 Å². The summed E-state index contributed by atoms with van der Waals surface area (Å²) in [6, 6.07) is 8.07. The first-order valence-electron chi connectivity index (χ1n) is 8.79. The van der Waals surface area contributed by atoms with Gasteiger partial charge in [-0.25, -0.2) is 4.68 Å². The van der Waals surface area contributed by atoms with E-state index in [0.29, 0.717) is 17.5 Å². The Hall–Kier alpha value is -1.56. The van der Waals surface area contributed by atoms with E-state index in [1.54, 1.807) is 0 Å². The topological polar surface area (TPSA) is 59.0 Å². The first-order valence-corrected chi connectivity index (χ1v) is 9.17. The molecule has 3 rings (SSSR count). The van der Waals surface area contributed by atoms with Crippen molar-refractivity contribution in [2.24, 2.45) is 0 Å². The molecule has 2 aromatic rings. The third-order valence-electron chi connectivity index (χ3n) is 4.96. The number of aromatic nitrogens is 2. The van der Waals surface area contributed by atoms with Crippen LogP contribution in [0, 0.1) is 13.8 Å². The van der Waals surface area contributed by atoms with Gasteiger partial charge in [0.2, 0.25) is 5.91 Å². The molecular formula is C19H26Cl2N4O. The highest BCUT2D eigenvalue weighted by atomic mass is 35.5. The number of benzene rings is 1. The Balaban J connectivity index is 0.00000243. The number of amides is 1. The molecule has 0 radical (unpaired) electrons. The number of hydrogen-bond acceptors (Lipinski definition) is 3. The smallest absolute Gasteiger partial charge is 0.224 e.